The minimum atomic E-state index is -0.546. The van der Waals surface area contributed by atoms with Crippen LogP contribution in [0.1, 0.15) is 12.5 Å². The minimum absolute atomic E-state index is 0.128. The van der Waals surface area contributed by atoms with E-state index < -0.39 is 5.97 Å². The van der Waals surface area contributed by atoms with Crippen LogP contribution in [-0.4, -0.2) is 32.7 Å². The molecule has 0 aliphatic carbocycles. The summed E-state index contributed by atoms with van der Waals surface area (Å²) < 4.78 is 20.5. The van der Waals surface area contributed by atoms with Crippen molar-refractivity contribution in [2.24, 2.45) is 4.99 Å². The minimum Gasteiger partial charge on any atom is -0.499 e. The molecule has 0 unspecified atom stereocenters. The van der Waals surface area contributed by atoms with Crippen LogP contribution in [0.4, 0.5) is 0 Å². The predicted octanol–water partition coefficient (Wildman–Crippen LogP) is 1.89. The average molecular weight is 277 g/mol. The molecule has 6 nitrogen and oxygen atoms in total. The number of esters is 1. The molecule has 1 aromatic rings. The maximum atomic E-state index is 11.6. The summed E-state index contributed by atoms with van der Waals surface area (Å²) in [4.78, 5) is 15.7. The third-order valence-corrected chi connectivity index (χ3v) is 2.58. The van der Waals surface area contributed by atoms with Crippen LogP contribution in [0.25, 0.3) is 0 Å². The maximum absolute atomic E-state index is 11.6. The van der Waals surface area contributed by atoms with Gasteiger partial charge in [0.05, 0.1) is 20.8 Å². The summed E-state index contributed by atoms with van der Waals surface area (Å²) in [6.07, 6.45) is 1.28. The lowest BCUT2D eigenvalue weighted by molar-refractivity contribution is -0.130. The zero-order valence-electron chi connectivity index (χ0n) is 11.5. The summed E-state index contributed by atoms with van der Waals surface area (Å²) in [5.41, 5.74) is 0.720. The SMILES string of the molecule is CCOC=C1N=C(c2cc(OC)cc(OC)c2)OC1=O. The second kappa shape index (κ2) is 6.10. The van der Waals surface area contributed by atoms with Gasteiger partial charge in [0.15, 0.2) is 5.70 Å². The number of aliphatic imine (C=N–C) groups is 1. The molecule has 0 spiro atoms. The van der Waals surface area contributed by atoms with Gasteiger partial charge in [0.2, 0.25) is 5.90 Å². The zero-order valence-corrected chi connectivity index (χ0v) is 11.5. The number of nitrogens with zero attached hydrogens (tertiary/aromatic N) is 1. The third kappa shape index (κ3) is 2.90. The van der Waals surface area contributed by atoms with Gasteiger partial charge in [-0.25, -0.2) is 9.79 Å². The van der Waals surface area contributed by atoms with Gasteiger partial charge >= 0.3 is 5.97 Å². The Kier molecular flexibility index (Phi) is 4.24. The number of methoxy groups -OCH3 is 2. The van der Waals surface area contributed by atoms with Gasteiger partial charge in [0.1, 0.15) is 17.8 Å². The van der Waals surface area contributed by atoms with Crippen molar-refractivity contribution >= 4 is 11.9 Å². The fourth-order valence-electron chi connectivity index (χ4n) is 1.61. The van der Waals surface area contributed by atoms with Crippen LogP contribution in [0.2, 0.25) is 0 Å². The first kappa shape index (κ1) is 13.9. The number of rotatable bonds is 5. The highest BCUT2D eigenvalue weighted by Crippen LogP contribution is 2.25. The van der Waals surface area contributed by atoms with Crippen LogP contribution in [0.5, 0.6) is 11.5 Å². The van der Waals surface area contributed by atoms with E-state index in [1.807, 2.05) is 6.92 Å². The zero-order chi connectivity index (χ0) is 14.5. The fraction of sp³-hybridized carbons (Fsp3) is 0.286. The van der Waals surface area contributed by atoms with E-state index in [2.05, 4.69) is 4.99 Å². The van der Waals surface area contributed by atoms with Crippen LogP contribution in [0.15, 0.2) is 35.2 Å². The summed E-state index contributed by atoms with van der Waals surface area (Å²) in [5.74, 6) is 0.814. The highest BCUT2D eigenvalue weighted by atomic mass is 16.6. The molecule has 1 aliphatic heterocycles. The molecule has 0 fully saturated rings. The summed E-state index contributed by atoms with van der Waals surface area (Å²) in [6.45, 7) is 2.27. The maximum Gasteiger partial charge on any atom is 0.367 e. The number of carbonyl (C=O) groups excluding carboxylic acids is 1. The molecule has 0 bridgehead atoms. The molecule has 0 atom stereocenters. The number of benzene rings is 1. The Morgan fingerprint density at radius 1 is 1.20 bits per heavy atom. The van der Waals surface area contributed by atoms with Crippen molar-refractivity contribution in [3.63, 3.8) is 0 Å². The number of hydrogen-bond donors (Lipinski definition) is 0. The largest absolute Gasteiger partial charge is 0.499 e. The number of ether oxygens (including phenoxy) is 4. The molecule has 0 radical (unpaired) electrons. The van der Waals surface area contributed by atoms with Gasteiger partial charge in [-0.3, -0.25) is 0 Å². The molecule has 0 aromatic heterocycles. The standard InChI is InChI=1S/C14H15NO5/c1-4-19-8-12-14(16)20-13(15-12)9-5-10(17-2)7-11(6-9)18-3/h5-8H,4H2,1-3H3. The van der Waals surface area contributed by atoms with E-state index in [-0.39, 0.29) is 11.6 Å². The van der Waals surface area contributed by atoms with Gasteiger partial charge in [0, 0.05) is 11.6 Å². The summed E-state index contributed by atoms with van der Waals surface area (Å²) in [7, 11) is 3.09. The lowest BCUT2D eigenvalue weighted by Gasteiger charge is -2.07. The van der Waals surface area contributed by atoms with E-state index in [4.69, 9.17) is 18.9 Å². The molecule has 1 aliphatic rings. The van der Waals surface area contributed by atoms with Crippen molar-refractivity contribution in [2.45, 2.75) is 6.92 Å². The Morgan fingerprint density at radius 3 is 2.40 bits per heavy atom. The van der Waals surface area contributed by atoms with E-state index in [1.165, 1.54) is 6.26 Å². The molecule has 0 saturated carbocycles. The van der Waals surface area contributed by atoms with Gasteiger partial charge in [-0.2, -0.15) is 0 Å². The Labute approximate surface area is 116 Å². The summed E-state index contributed by atoms with van der Waals surface area (Å²) >= 11 is 0. The molecule has 1 heterocycles. The monoisotopic (exact) mass is 277 g/mol. The lowest BCUT2D eigenvalue weighted by Crippen LogP contribution is -2.06. The first-order chi connectivity index (χ1) is 9.67. The van der Waals surface area contributed by atoms with Gasteiger partial charge < -0.3 is 18.9 Å². The van der Waals surface area contributed by atoms with Crippen LogP contribution in [0, 0.1) is 0 Å². The molecule has 20 heavy (non-hydrogen) atoms. The lowest BCUT2D eigenvalue weighted by atomic mass is 10.2. The number of carbonyl (C=O) groups is 1. The van der Waals surface area contributed by atoms with Crippen LogP contribution >= 0.6 is 0 Å². The molecular formula is C14H15NO5. The normalized spacial score (nSPS) is 15.8. The van der Waals surface area contributed by atoms with Gasteiger partial charge in [-0.05, 0) is 19.1 Å². The predicted molar refractivity (Wildman–Crippen MR) is 71.9 cm³/mol. The molecule has 106 valence electrons. The summed E-state index contributed by atoms with van der Waals surface area (Å²) in [5, 5.41) is 0. The van der Waals surface area contributed by atoms with E-state index in [9.17, 15) is 4.79 Å². The first-order valence-electron chi connectivity index (χ1n) is 6.04. The van der Waals surface area contributed by atoms with E-state index in [0.29, 0.717) is 23.7 Å². The fourth-order valence-corrected chi connectivity index (χ4v) is 1.61. The second-order valence-electron chi connectivity index (χ2n) is 3.87. The van der Waals surface area contributed by atoms with Crippen molar-refractivity contribution < 1.29 is 23.7 Å². The molecule has 6 heteroatoms. The highest BCUT2D eigenvalue weighted by Gasteiger charge is 2.25. The van der Waals surface area contributed by atoms with E-state index >= 15 is 0 Å². The molecule has 0 amide bonds. The average Bonchev–Trinajstić information content (AvgIpc) is 2.85. The summed E-state index contributed by atoms with van der Waals surface area (Å²) in [6, 6.07) is 5.13. The Hall–Kier alpha value is -2.50. The van der Waals surface area contributed by atoms with E-state index in [0.717, 1.165) is 0 Å². The Balaban J connectivity index is 2.34. The van der Waals surface area contributed by atoms with Crippen molar-refractivity contribution in [3.05, 3.63) is 35.7 Å². The molecule has 0 N–H and O–H groups in total. The quantitative estimate of drug-likeness (QED) is 0.467. The van der Waals surface area contributed by atoms with E-state index in [1.54, 1.807) is 32.4 Å². The van der Waals surface area contributed by atoms with Crippen molar-refractivity contribution in [1.29, 1.82) is 0 Å². The Morgan fingerprint density at radius 2 is 1.85 bits per heavy atom. The first-order valence-corrected chi connectivity index (χ1v) is 6.04. The van der Waals surface area contributed by atoms with Crippen LogP contribution in [0.3, 0.4) is 0 Å². The van der Waals surface area contributed by atoms with Crippen LogP contribution < -0.4 is 9.47 Å². The second-order valence-corrected chi connectivity index (χ2v) is 3.87. The Bertz CT molecular complexity index is 555. The van der Waals surface area contributed by atoms with Crippen molar-refractivity contribution in [2.75, 3.05) is 20.8 Å². The van der Waals surface area contributed by atoms with Crippen molar-refractivity contribution in [3.8, 4) is 11.5 Å². The molecule has 2 rings (SSSR count). The highest BCUT2D eigenvalue weighted by molar-refractivity contribution is 6.11. The molecular weight excluding hydrogens is 262 g/mol. The van der Waals surface area contributed by atoms with Gasteiger partial charge in [-0.1, -0.05) is 0 Å². The van der Waals surface area contributed by atoms with Crippen molar-refractivity contribution in [1.82, 2.24) is 0 Å². The van der Waals surface area contributed by atoms with Gasteiger partial charge in [-0.15, -0.1) is 0 Å². The molecule has 0 saturated heterocycles. The van der Waals surface area contributed by atoms with Crippen LogP contribution in [-0.2, 0) is 14.3 Å². The van der Waals surface area contributed by atoms with Gasteiger partial charge in [0.25, 0.3) is 0 Å². The number of cyclic esters (lactones) is 1. The molecule has 1 aromatic carbocycles. The number of hydrogen-bond acceptors (Lipinski definition) is 6. The third-order valence-electron chi connectivity index (χ3n) is 2.58. The smallest absolute Gasteiger partial charge is 0.367 e. The topological polar surface area (TPSA) is 66.3 Å².